The summed E-state index contributed by atoms with van der Waals surface area (Å²) in [5.41, 5.74) is 4.05. The van der Waals surface area contributed by atoms with E-state index in [1.54, 1.807) is 18.5 Å². The molecule has 5 nitrogen and oxygen atoms in total. The summed E-state index contributed by atoms with van der Waals surface area (Å²) in [5.74, 6) is 1.59. The molecule has 1 unspecified atom stereocenters. The Morgan fingerprint density at radius 1 is 1.15 bits per heavy atom. The number of rotatable bonds is 6. The van der Waals surface area contributed by atoms with Crippen LogP contribution in [0.5, 0.6) is 5.75 Å². The Labute approximate surface area is 197 Å². The van der Waals surface area contributed by atoms with Gasteiger partial charge in [-0.2, -0.15) is 0 Å². The highest BCUT2D eigenvalue weighted by Crippen LogP contribution is 2.36. The maximum atomic E-state index is 15.1. The lowest BCUT2D eigenvalue weighted by Gasteiger charge is -2.26. The fourth-order valence-electron chi connectivity index (χ4n) is 4.54. The van der Waals surface area contributed by atoms with Crippen molar-refractivity contribution in [3.8, 4) is 16.9 Å². The Hall–Kier alpha value is -2.96. The molecule has 33 heavy (non-hydrogen) atoms. The maximum Gasteiger partial charge on any atom is 0.133 e. The monoisotopic (exact) mass is 464 g/mol. The van der Waals surface area contributed by atoms with E-state index in [-0.39, 0.29) is 11.7 Å². The smallest absolute Gasteiger partial charge is 0.133 e. The zero-order valence-electron chi connectivity index (χ0n) is 18.8. The first-order valence-corrected chi connectivity index (χ1v) is 11.5. The lowest BCUT2D eigenvalue weighted by Crippen LogP contribution is -2.23. The Kier molecular flexibility index (Phi) is 6.04. The maximum absolute atomic E-state index is 15.1. The number of pyridine rings is 1. The molecular weight excluding hydrogens is 439 g/mol. The minimum absolute atomic E-state index is 0.0650. The highest BCUT2D eigenvalue weighted by molar-refractivity contribution is 6.30. The zero-order valence-corrected chi connectivity index (χ0v) is 19.5. The summed E-state index contributed by atoms with van der Waals surface area (Å²) in [4.78, 5) is 11.1. The SMILES string of the molecule is CN(C)CCCn1c(C2COc3ccc(Cl)cc3C2)nc2cc(F)c(-c3ccncc3)cc21. The van der Waals surface area contributed by atoms with Crippen molar-refractivity contribution in [2.75, 3.05) is 27.2 Å². The molecule has 0 N–H and O–H groups in total. The third kappa shape index (κ3) is 4.45. The van der Waals surface area contributed by atoms with E-state index in [0.29, 0.717) is 22.7 Å². The van der Waals surface area contributed by atoms with Gasteiger partial charge in [-0.3, -0.25) is 4.98 Å². The van der Waals surface area contributed by atoms with E-state index in [9.17, 15) is 0 Å². The number of hydrogen-bond acceptors (Lipinski definition) is 4. The Balaban J connectivity index is 1.58. The molecule has 0 fully saturated rings. The van der Waals surface area contributed by atoms with Crippen molar-refractivity contribution >= 4 is 22.6 Å². The van der Waals surface area contributed by atoms with Crippen LogP contribution < -0.4 is 4.74 Å². The molecule has 2 aromatic carbocycles. The molecule has 1 aliphatic rings. The molecule has 0 saturated heterocycles. The van der Waals surface area contributed by atoms with Gasteiger partial charge in [0.15, 0.2) is 0 Å². The van der Waals surface area contributed by atoms with Gasteiger partial charge in [-0.05, 0) is 81.0 Å². The van der Waals surface area contributed by atoms with E-state index in [4.69, 9.17) is 21.3 Å². The van der Waals surface area contributed by atoms with Gasteiger partial charge in [-0.25, -0.2) is 9.37 Å². The van der Waals surface area contributed by atoms with E-state index in [0.717, 1.165) is 54.1 Å². The van der Waals surface area contributed by atoms with Gasteiger partial charge in [-0.15, -0.1) is 0 Å². The predicted molar refractivity (Wildman–Crippen MR) is 129 cm³/mol. The number of benzene rings is 2. The second kappa shape index (κ2) is 9.12. The molecule has 0 saturated carbocycles. The average Bonchev–Trinajstić information content (AvgIpc) is 3.15. The first kappa shape index (κ1) is 21.9. The van der Waals surface area contributed by atoms with Crippen LogP contribution in [0.2, 0.25) is 5.02 Å². The average molecular weight is 465 g/mol. The van der Waals surface area contributed by atoms with Gasteiger partial charge in [0.1, 0.15) is 17.4 Å². The van der Waals surface area contributed by atoms with Crippen LogP contribution in [0.4, 0.5) is 4.39 Å². The summed E-state index contributed by atoms with van der Waals surface area (Å²) in [5, 5.41) is 0.696. The molecule has 4 aromatic rings. The van der Waals surface area contributed by atoms with E-state index in [1.807, 2.05) is 36.4 Å². The predicted octanol–water partition coefficient (Wildman–Crippen LogP) is 5.56. The number of fused-ring (bicyclic) bond motifs is 2. The lowest BCUT2D eigenvalue weighted by atomic mass is 9.96. The summed E-state index contributed by atoms with van der Waals surface area (Å²) in [6, 6.07) is 12.8. The molecule has 0 radical (unpaired) electrons. The van der Waals surface area contributed by atoms with Crippen LogP contribution >= 0.6 is 11.6 Å². The van der Waals surface area contributed by atoms with Crippen molar-refractivity contribution < 1.29 is 9.13 Å². The number of halogens is 2. The van der Waals surface area contributed by atoms with Crippen molar-refractivity contribution in [2.45, 2.75) is 25.3 Å². The van der Waals surface area contributed by atoms with E-state index in [2.05, 4.69) is 28.5 Å². The molecule has 0 aliphatic carbocycles. The number of hydrogen-bond donors (Lipinski definition) is 0. The number of ether oxygens (including phenoxy) is 1. The number of aromatic nitrogens is 3. The standard InChI is InChI=1S/C26H26ClFN4O/c1-31(2)10-3-11-32-24-14-21(17-6-8-29-9-7-17)22(28)15-23(24)30-26(32)19-12-18-13-20(27)4-5-25(18)33-16-19/h4-9,13-15,19H,3,10-12,16H2,1-2H3. The lowest BCUT2D eigenvalue weighted by molar-refractivity contribution is 0.254. The summed E-state index contributed by atoms with van der Waals surface area (Å²) < 4.78 is 23.4. The largest absolute Gasteiger partial charge is 0.493 e. The second-order valence-corrected chi connectivity index (χ2v) is 9.24. The van der Waals surface area contributed by atoms with Crippen LogP contribution in [0, 0.1) is 5.82 Å². The number of aryl methyl sites for hydroxylation is 1. The fraction of sp³-hybridized carbons (Fsp3) is 0.308. The quantitative estimate of drug-likeness (QED) is 0.374. The molecule has 0 spiro atoms. The van der Waals surface area contributed by atoms with Crippen LogP contribution in [0.25, 0.3) is 22.2 Å². The number of nitrogens with zero attached hydrogens (tertiary/aromatic N) is 4. The normalized spacial score (nSPS) is 15.6. The topological polar surface area (TPSA) is 43.2 Å². The molecule has 0 amide bonds. The van der Waals surface area contributed by atoms with Gasteiger partial charge in [0.05, 0.1) is 23.6 Å². The minimum Gasteiger partial charge on any atom is -0.493 e. The third-order valence-corrected chi connectivity index (χ3v) is 6.37. The molecule has 1 aliphatic heterocycles. The molecule has 3 heterocycles. The Morgan fingerprint density at radius 3 is 2.76 bits per heavy atom. The summed E-state index contributed by atoms with van der Waals surface area (Å²) >= 11 is 6.23. The van der Waals surface area contributed by atoms with Gasteiger partial charge in [0.25, 0.3) is 0 Å². The molecule has 0 bridgehead atoms. The molecule has 2 aromatic heterocycles. The first-order chi connectivity index (χ1) is 16.0. The van der Waals surface area contributed by atoms with Crippen molar-refractivity contribution in [2.24, 2.45) is 0 Å². The first-order valence-electron chi connectivity index (χ1n) is 11.2. The third-order valence-electron chi connectivity index (χ3n) is 6.14. The minimum atomic E-state index is -0.282. The zero-order chi connectivity index (χ0) is 22.9. The van der Waals surface area contributed by atoms with Gasteiger partial charge in [-0.1, -0.05) is 11.6 Å². The van der Waals surface area contributed by atoms with Crippen molar-refractivity contribution in [1.82, 2.24) is 19.4 Å². The van der Waals surface area contributed by atoms with Crippen LogP contribution in [0.3, 0.4) is 0 Å². The van der Waals surface area contributed by atoms with Crippen LogP contribution in [-0.4, -0.2) is 46.7 Å². The van der Waals surface area contributed by atoms with Crippen LogP contribution in [-0.2, 0) is 13.0 Å². The van der Waals surface area contributed by atoms with Crippen molar-refractivity contribution in [1.29, 1.82) is 0 Å². The summed E-state index contributed by atoms with van der Waals surface area (Å²) in [6.45, 7) is 2.28. The van der Waals surface area contributed by atoms with Crippen LogP contribution in [0.1, 0.15) is 23.7 Å². The molecule has 1 atom stereocenters. The Morgan fingerprint density at radius 2 is 1.97 bits per heavy atom. The number of imidazole rings is 1. The molecule has 170 valence electrons. The second-order valence-electron chi connectivity index (χ2n) is 8.80. The van der Waals surface area contributed by atoms with Gasteiger partial charge in [0.2, 0.25) is 0 Å². The van der Waals surface area contributed by atoms with Gasteiger partial charge < -0.3 is 14.2 Å². The fourth-order valence-corrected chi connectivity index (χ4v) is 4.73. The molecule has 5 rings (SSSR count). The van der Waals surface area contributed by atoms with Crippen molar-refractivity contribution in [3.05, 3.63) is 77.1 Å². The van der Waals surface area contributed by atoms with E-state index < -0.39 is 0 Å². The summed E-state index contributed by atoms with van der Waals surface area (Å²) in [7, 11) is 4.14. The van der Waals surface area contributed by atoms with Gasteiger partial charge >= 0.3 is 0 Å². The van der Waals surface area contributed by atoms with Gasteiger partial charge in [0, 0.05) is 35.6 Å². The van der Waals surface area contributed by atoms with Crippen molar-refractivity contribution in [3.63, 3.8) is 0 Å². The molecular formula is C26H26ClFN4O. The molecule has 7 heteroatoms. The van der Waals surface area contributed by atoms with E-state index in [1.165, 1.54) is 0 Å². The summed E-state index contributed by atoms with van der Waals surface area (Å²) in [6.07, 6.45) is 5.11. The highest BCUT2D eigenvalue weighted by atomic mass is 35.5. The Bertz CT molecular complexity index is 1290. The highest BCUT2D eigenvalue weighted by Gasteiger charge is 2.27. The van der Waals surface area contributed by atoms with E-state index >= 15 is 4.39 Å². The van der Waals surface area contributed by atoms with Crippen LogP contribution in [0.15, 0.2) is 54.9 Å².